The van der Waals surface area contributed by atoms with E-state index in [0.717, 1.165) is 50.2 Å². The third-order valence-corrected chi connectivity index (χ3v) is 4.66. The first-order valence-corrected chi connectivity index (χ1v) is 9.24. The molecule has 152 valence electrons. The molecule has 7 heteroatoms. The topological polar surface area (TPSA) is 42.2 Å². The molecule has 0 heterocycles. The quantitative estimate of drug-likeness (QED) is 0.291. The standard InChI is InChI=1S/C21H23F4NO2/c22-18(14-26)5-3-1-2-4-16-6-10-19(11-7-16)27-15-17-8-12-20(13-9-17)28-21(23,24)25/h1,3,5,8-9,12-13,16,19H,2,4,6-7,10-11,15H2. The van der Waals surface area contributed by atoms with Crippen LogP contribution >= 0.6 is 0 Å². The summed E-state index contributed by atoms with van der Waals surface area (Å²) in [6.07, 6.45) is 5.94. The first-order chi connectivity index (χ1) is 13.4. The molecule has 3 nitrogen and oxygen atoms in total. The number of rotatable bonds is 8. The minimum atomic E-state index is -4.68. The Balaban J connectivity index is 1.64. The molecule has 1 saturated carbocycles. The maximum absolute atomic E-state index is 12.6. The van der Waals surface area contributed by atoms with Crippen molar-refractivity contribution in [2.45, 2.75) is 57.6 Å². The number of hydrogen-bond donors (Lipinski definition) is 0. The van der Waals surface area contributed by atoms with Crippen molar-refractivity contribution in [3.63, 3.8) is 0 Å². The molecule has 0 N–H and O–H groups in total. The summed E-state index contributed by atoms with van der Waals surface area (Å²) >= 11 is 0. The van der Waals surface area contributed by atoms with Gasteiger partial charge in [0.15, 0.2) is 5.83 Å². The van der Waals surface area contributed by atoms with Crippen molar-refractivity contribution >= 4 is 0 Å². The summed E-state index contributed by atoms with van der Waals surface area (Å²) in [6, 6.07) is 7.14. The highest BCUT2D eigenvalue weighted by molar-refractivity contribution is 5.27. The van der Waals surface area contributed by atoms with Crippen molar-refractivity contribution < 1.29 is 27.0 Å². The van der Waals surface area contributed by atoms with E-state index in [0.29, 0.717) is 12.5 Å². The summed E-state index contributed by atoms with van der Waals surface area (Å²) in [5, 5.41) is 8.30. The van der Waals surface area contributed by atoms with E-state index < -0.39 is 12.2 Å². The number of allylic oxidation sites excluding steroid dienone is 4. The van der Waals surface area contributed by atoms with E-state index >= 15 is 0 Å². The van der Waals surface area contributed by atoms with E-state index in [2.05, 4.69) is 4.74 Å². The van der Waals surface area contributed by atoms with Gasteiger partial charge in [0.1, 0.15) is 11.8 Å². The summed E-state index contributed by atoms with van der Waals surface area (Å²) in [6.45, 7) is 0.362. The minimum absolute atomic E-state index is 0.158. The van der Waals surface area contributed by atoms with Gasteiger partial charge >= 0.3 is 6.36 Å². The molecular formula is C21H23F4NO2. The van der Waals surface area contributed by atoms with Crippen LogP contribution in [0, 0.1) is 17.2 Å². The average molecular weight is 397 g/mol. The van der Waals surface area contributed by atoms with E-state index in [1.54, 1.807) is 18.2 Å². The van der Waals surface area contributed by atoms with Gasteiger partial charge in [-0.2, -0.15) is 9.65 Å². The van der Waals surface area contributed by atoms with Crippen LogP contribution in [0.3, 0.4) is 0 Å². The van der Waals surface area contributed by atoms with Crippen LogP contribution in [0.15, 0.2) is 48.3 Å². The van der Waals surface area contributed by atoms with Gasteiger partial charge in [0.2, 0.25) is 0 Å². The Labute approximate surface area is 162 Å². The molecule has 0 atom stereocenters. The van der Waals surface area contributed by atoms with Gasteiger partial charge in [-0.15, -0.1) is 13.2 Å². The molecule has 0 unspecified atom stereocenters. The fourth-order valence-corrected chi connectivity index (χ4v) is 3.21. The van der Waals surface area contributed by atoms with Crippen molar-refractivity contribution in [3.05, 3.63) is 53.9 Å². The summed E-state index contributed by atoms with van der Waals surface area (Å²) in [5.74, 6) is -0.429. The molecule has 1 aliphatic carbocycles. The summed E-state index contributed by atoms with van der Waals surface area (Å²) in [5.41, 5.74) is 0.805. The van der Waals surface area contributed by atoms with Crippen LogP contribution in [0.5, 0.6) is 5.75 Å². The molecule has 28 heavy (non-hydrogen) atoms. The first kappa shape index (κ1) is 22.0. The largest absolute Gasteiger partial charge is 0.573 e. The zero-order chi connectivity index (χ0) is 20.4. The predicted molar refractivity (Wildman–Crippen MR) is 96.8 cm³/mol. The van der Waals surface area contributed by atoms with Crippen molar-refractivity contribution in [1.82, 2.24) is 0 Å². The lowest BCUT2D eigenvalue weighted by molar-refractivity contribution is -0.274. The van der Waals surface area contributed by atoms with Gasteiger partial charge in [0, 0.05) is 0 Å². The molecule has 0 bridgehead atoms. The Kier molecular flexibility index (Phi) is 8.52. The number of ether oxygens (including phenoxy) is 2. The highest BCUT2D eigenvalue weighted by atomic mass is 19.4. The van der Waals surface area contributed by atoms with Crippen molar-refractivity contribution in [3.8, 4) is 11.8 Å². The SMILES string of the molecule is N#CC(F)=CC=CCCC1CCC(OCc2ccc(OC(F)(F)F)cc2)CC1. The molecular weight excluding hydrogens is 374 g/mol. The van der Waals surface area contributed by atoms with Crippen LogP contribution in [0.2, 0.25) is 0 Å². The predicted octanol–water partition coefficient (Wildman–Crippen LogP) is 6.37. The second-order valence-electron chi connectivity index (χ2n) is 6.78. The Morgan fingerprint density at radius 3 is 2.43 bits per heavy atom. The summed E-state index contributed by atoms with van der Waals surface area (Å²) in [7, 11) is 0. The number of alkyl halides is 3. The van der Waals surface area contributed by atoms with Crippen LogP contribution in [0.1, 0.15) is 44.1 Å². The first-order valence-electron chi connectivity index (χ1n) is 9.24. The van der Waals surface area contributed by atoms with Gasteiger partial charge in [0.25, 0.3) is 0 Å². The van der Waals surface area contributed by atoms with Gasteiger partial charge in [-0.3, -0.25) is 0 Å². The Morgan fingerprint density at radius 2 is 1.82 bits per heavy atom. The molecule has 0 saturated heterocycles. The molecule has 1 aliphatic rings. The highest BCUT2D eigenvalue weighted by Crippen LogP contribution is 2.30. The number of nitrogens with zero attached hydrogens (tertiary/aromatic N) is 1. The Hall–Kier alpha value is -2.33. The number of hydrogen-bond acceptors (Lipinski definition) is 3. The molecule has 2 rings (SSSR count). The molecule has 0 spiro atoms. The second kappa shape index (κ2) is 10.9. The minimum Gasteiger partial charge on any atom is -0.406 e. The van der Waals surface area contributed by atoms with E-state index in [9.17, 15) is 17.6 Å². The van der Waals surface area contributed by atoms with Crippen molar-refractivity contribution in [2.24, 2.45) is 5.92 Å². The fraction of sp³-hybridized carbons (Fsp3) is 0.476. The van der Waals surface area contributed by atoms with Crippen LogP contribution in [0.25, 0.3) is 0 Å². The van der Waals surface area contributed by atoms with Crippen LogP contribution < -0.4 is 4.74 Å². The lowest BCUT2D eigenvalue weighted by Gasteiger charge is -2.28. The van der Waals surface area contributed by atoms with E-state index in [-0.39, 0.29) is 11.9 Å². The number of nitriles is 1. The lowest BCUT2D eigenvalue weighted by Crippen LogP contribution is -2.21. The van der Waals surface area contributed by atoms with Crippen LogP contribution in [-0.2, 0) is 11.3 Å². The zero-order valence-corrected chi connectivity index (χ0v) is 15.4. The summed E-state index contributed by atoms with van der Waals surface area (Å²) in [4.78, 5) is 0. The smallest absolute Gasteiger partial charge is 0.406 e. The molecule has 0 amide bonds. The average Bonchev–Trinajstić information content (AvgIpc) is 2.66. The normalized spacial score (nSPS) is 20.9. The maximum Gasteiger partial charge on any atom is 0.573 e. The third kappa shape index (κ3) is 8.57. The van der Waals surface area contributed by atoms with E-state index in [1.807, 2.05) is 6.08 Å². The van der Waals surface area contributed by atoms with Gasteiger partial charge in [0.05, 0.1) is 12.7 Å². The molecule has 1 aromatic carbocycles. The van der Waals surface area contributed by atoms with Crippen LogP contribution in [-0.4, -0.2) is 12.5 Å². The molecule has 1 fully saturated rings. The Bertz CT molecular complexity index is 697. The van der Waals surface area contributed by atoms with E-state index in [1.165, 1.54) is 18.2 Å². The van der Waals surface area contributed by atoms with Crippen LogP contribution in [0.4, 0.5) is 17.6 Å². The van der Waals surface area contributed by atoms with Crippen molar-refractivity contribution in [2.75, 3.05) is 0 Å². The zero-order valence-electron chi connectivity index (χ0n) is 15.4. The molecule has 0 radical (unpaired) electrons. The second-order valence-corrected chi connectivity index (χ2v) is 6.78. The van der Waals surface area contributed by atoms with Gasteiger partial charge < -0.3 is 9.47 Å². The fourth-order valence-electron chi connectivity index (χ4n) is 3.21. The van der Waals surface area contributed by atoms with Crippen molar-refractivity contribution in [1.29, 1.82) is 5.26 Å². The number of halogens is 4. The lowest BCUT2D eigenvalue weighted by atomic mass is 9.84. The molecule has 0 aromatic heterocycles. The monoisotopic (exact) mass is 397 g/mol. The Morgan fingerprint density at radius 1 is 1.14 bits per heavy atom. The maximum atomic E-state index is 12.6. The number of benzene rings is 1. The van der Waals surface area contributed by atoms with Gasteiger partial charge in [-0.05, 0) is 68.2 Å². The molecule has 1 aromatic rings. The third-order valence-electron chi connectivity index (χ3n) is 4.66. The van der Waals surface area contributed by atoms with Gasteiger partial charge in [-0.25, -0.2) is 0 Å². The molecule has 0 aliphatic heterocycles. The highest BCUT2D eigenvalue weighted by Gasteiger charge is 2.31. The van der Waals surface area contributed by atoms with E-state index in [4.69, 9.17) is 10.00 Å². The van der Waals surface area contributed by atoms with Gasteiger partial charge in [-0.1, -0.05) is 24.3 Å². The summed E-state index contributed by atoms with van der Waals surface area (Å²) < 4.78 is 58.8.